The van der Waals surface area contributed by atoms with Gasteiger partial charge in [-0.05, 0) is 36.4 Å². The van der Waals surface area contributed by atoms with E-state index in [9.17, 15) is 4.79 Å². The van der Waals surface area contributed by atoms with Crippen LogP contribution in [0.5, 0.6) is 34.6 Å². The fourth-order valence-corrected chi connectivity index (χ4v) is 4.11. The van der Waals surface area contributed by atoms with Crippen molar-refractivity contribution < 1.29 is 23.7 Å². The third-order valence-electron chi connectivity index (χ3n) is 5.89. The van der Waals surface area contributed by atoms with Gasteiger partial charge in [-0.3, -0.25) is 9.78 Å². The second kappa shape index (κ2) is 15.7. The average Bonchev–Trinajstić information content (AvgIpc) is 3.06. The van der Waals surface area contributed by atoms with Crippen LogP contribution in [0.2, 0.25) is 15.5 Å². The summed E-state index contributed by atoms with van der Waals surface area (Å²) in [5.74, 6) is 3.28. The minimum Gasteiger partial charge on any atom is -0.493 e. The van der Waals surface area contributed by atoms with E-state index in [0.29, 0.717) is 55.5 Å². The molecule has 6 aromatic rings. The highest BCUT2D eigenvalue weighted by Gasteiger charge is 2.12. The number of fused-ring (bicyclic) bond motifs is 2. The number of H-pyrrole nitrogens is 1. The summed E-state index contributed by atoms with van der Waals surface area (Å²) in [7, 11) is 6.25. The lowest BCUT2D eigenvalue weighted by Crippen LogP contribution is -2.01. The van der Waals surface area contributed by atoms with Gasteiger partial charge in [0.1, 0.15) is 5.75 Å². The Morgan fingerprint density at radius 3 is 1.69 bits per heavy atom. The smallest absolute Gasteiger partial charge is 0.238 e. The Hall–Kier alpha value is -4.91. The lowest BCUT2D eigenvalue weighted by atomic mass is 10.2. The van der Waals surface area contributed by atoms with Crippen LogP contribution in [-0.2, 0) is 0 Å². The number of nitrogens with zero attached hydrogens (tertiary/aromatic N) is 5. The highest BCUT2D eigenvalue weighted by Crippen LogP contribution is 2.36. The molecule has 45 heavy (non-hydrogen) atoms. The molecule has 2 aromatic carbocycles. The van der Waals surface area contributed by atoms with Gasteiger partial charge >= 0.3 is 0 Å². The van der Waals surface area contributed by atoms with Crippen molar-refractivity contribution >= 4 is 56.6 Å². The normalized spacial score (nSPS) is 10.2. The number of hydrogen-bond donors (Lipinski definition) is 1. The van der Waals surface area contributed by atoms with Crippen LogP contribution in [0.25, 0.3) is 21.8 Å². The van der Waals surface area contributed by atoms with E-state index in [-0.39, 0.29) is 5.43 Å². The minimum absolute atomic E-state index is 0.0373. The number of ether oxygens (including phenoxy) is 5. The number of aromatic nitrogens is 6. The topological polar surface area (TPSA) is 143 Å². The Bertz CT molecular complexity index is 1920. The fraction of sp³-hybridized carbons (Fsp3) is 0.133. The maximum Gasteiger partial charge on any atom is 0.238 e. The van der Waals surface area contributed by atoms with Gasteiger partial charge in [-0.25, -0.2) is 0 Å². The average molecular weight is 672 g/mol. The van der Waals surface area contributed by atoms with Crippen LogP contribution in [0.1, 0.15) is 0 Å². The molecular weight excluding hydrogens is 647 g/mol. The summed E-state index contributed by atoms with van der Waals surface area (Å²) in [4.78, 5) is 18.8. The van der Waals surface area contributed by atoms with Gasteiger partial charge in [-0.15, -0.1) is 20.4 Å². The molecule has 0 saturated heterocycles. The maximum atomic E-state index is 11.5. The van der Waals surface area contributed by atoms with Crippen molar-refractivity contribution in [1.82, 2.24) is 30.4 Å². The van der Waals surface area contributed by atoms with Gasteiger partial charge in [-0.2, -0.15) is 0 Å². The molecule has 0 unspecified atom stereocenters. The third-order valence-corrected chi connectivity index (χ3v) is 6.50. The number of nitrogens with one attached hydrogen (secondary N) is 1. The maximum absolute atomic E-state index is 11.5. The van der Waals surface area contributed by atoms with Crippen LogP contribution in [0, 0.1) is 0 Å². The first kappa shape index (κ1) is 33.0. The summed E-state index contributed by atoms with van der Waals surface area (Å²) in [5.41, 5.74) is 1.42. The van der Waals surface area contributed by atoms with Crippen LogP contribution in [-0.4, -0.2) is 58.8 Å². The summed E-state index contributed by atoms with van der Waals surface area (Å²) >= 11 is 16.5. The number of aromatic amines is 1. The van der Waals surface area contributed by atoms with E-state index in [4.69, 9.17) is 58.5 Å². The van der Waals surface area contributed by atoms with Crippen molar-refractivity contribution in [2.45, 2.75) is 0 Å². The summed E-state index contributed by atoms with van der Waals surface area (Å²) in [6.07, 6.45) is 3.25. The van der Waals surface area contributed by atoms with E-state index >= 15 is 0 Å². The highest BCUT2D eigenvalue weighted by atomic mass is 35.5. The van der Waals surface area contributed by atoms with Crippen molar-refractivity contribution in [2.24, 2.45) is 0 Å². The Kier molecular flexibility index (Phi) is 11.5. The lowest BCUT2D eigenvalue weighted by Gasteiger charge is -2.11. The van der Waals surface area contributed by atoms with Crippen molar-refractivity contribution in [3.05, 3.63) is 98.7 Å². The van der Waals surface area contributed by atoms with Gasteiger partial charge in [-0.1, -0.05) is 34.8 Å². The number of rotatable bonds is 6. The highest BCUT2D eigenvalue weighted by molar-refractivity contribution is 6.31. The quantitative estimate of drug-likeness (QED) is 0.199. The number of pyridine rings is 2. The first-order valence-corrected chi connectivity index (χ1v) is 14.0. The number of methoxy groups -OCH3 is 4. The van der Waals surface area contributed by atoms with Crippen molar-refractivity contribution in [3.63, 3.8) is 0 Å². The molecule has 4 aromatic heterocycles. The van der Waals surface area contributed by atoms with E-state index in [1.54, 1.807) is 95.4 Å². The van der Waals surface area contributed by atoms with Gasteiger partial charge in [0.05, 0.1) is 39.5 Å². The zero-order valence-corrected chi connectivity index (χ0v) is 26.5. The van der Waals surface area contributed by atoms with Crippen LogP contribution in [0.15, 0.2) is 77.9 Å². The molecule has 0 atom stereocenters. The summed E-state index contributed by atoms with van der Waals surface area (Å²) in [5, 5.41) is 16.9. The van der Waals surface area contributed by atoms with E-state index in [1.165, 1.54) is 6.07 Å². The molecule has 0 aliphatic carbocycles. The summed E-state index contributed by atoms with van der Waals surface area (Å²) < 4.78 is 26.6. The Morgan fingerprint density at radius 1 is 0.600 bits per heavy atom. The summed E-state index contributed by atoms with van der Waals surface area (Å²) in [6.45, 7) is 0. The van der Waals surface area contributed by atoms with Crippen LogP contribution >= 0.6 is 34.8 Å². The van der Waals surface area contributed by atoms with Crippen molar-refractivity contribution in [2.75, 3.05) is 28.4 Å². The molecule has 15 heteroatoms. The molecule has 0 fully saturated rings. The lowest BCUT2D eigenvalue weighted by molar-refractivity contribution is 0.355. The number of hydrogen-bond acceptors (Lipinski definition) is 11. The molecule has 0 spiro atoms. The van der Waals surface area contributed by atoms with E-state index in [1.807, 2.05) is 0 Å². The second-order valence-electron chi connectivity index (χ2n) is 8.60. The Labute approximate surface area is 271 Å². The molecule has 12 nitrogen and oxygen atoms in total. The molecular formula is C30H25Cl3N6O6. The van der Waals surface area contributed by atoms with E-state index < -0.39 is 0 Å². The Morgan fingerprint density at radius 2 is 1.13 bits per heavy atom. The van der Waals surface area contributed by atoms with Gasteiger partial charge in [0.2, 0.25) is 5.88 Å². The largest absolute Gasteiger partial charge is 0.493 e. The first-order chi connectivity index (χ1) is 21.8. The molecule has 232 valence electrons. The van der Waals surface area contributed by atoms with Gasteiger partial charge in [0.25, 0.3) is 0 Å². The molecule has 1 N–H and O–H groups in total. The predicted molar refractivity (Wildman–Crippen MR) is 172 cm³/mol. The van der Waals surface area contributed by atoms with Crippen LogP contribution < -0.4 is 29.1 Å². The molecule has 0 radical (unpaired) electrons. The fourth-order valence-electron chi connectivity index (χ4n) is 3.81. The predicted octanol–water partition coefficient (Wildman–Crippen LogP) is 6.82. The zero-order valence-electron chi connectivity index (χ0n) is 24.2. The van der Waals surface area contributed by atoms with Gasteiger partial charge in [0, 0.05) is 47.4 Å². The minimum atomic E-state index is -0.0373. The zero-order chi connectivity index (χ0) is 32.3. The molecule has 0 bridgehead atoms. The van der Waals surface area contributed by atoms with Crippen LogP contribution in [0.3, 0.4) is 0 Å². The van der Waals surface area contributed by atoms with E-state index in [2.05, 4.69) is 30.4 Å². The molecule has 0 saturated carbocycles. The third kappa shape index (κ3) is 8.60. The molecule has 6 rings (SSSR count). The number of benzene rings is 2. The molecule has 0 aliphatic heterocycles. The Balaban J connectivity index is 0.000000172. The second-order valence-corrected chi connectivity index (χ2v) is 9.77. The SMILES string of the molecule is COc1cc2[nH]ccc(=O)c2cc1OC.COc1cc2nccc(Oc3ccc(Cl)nn3)c2cc1OC.Clc1ccc(Cl)nn1. The number of halogens is 3. The molecule has 0 amide bonds. The van der Waals surface area contributed by atoms with E-state index in [0.717, 1.165) is 16.4 Å². The summed E-state index contributed by atoms with van der Waals surface area (Å²) in [6, 6.07) is 16.6. The van der Waals surface area contributed by atoms with Crippen LogP contribution in [0.4, 0.5) is 0 Å². The molecule has 4 heterocycles. The van der Waals surface area contributed by atoms with Gasteiger partial charge < -0.3 is 28.7 Å². The molecule has 0 aliphatic rings. The first-order valence-electron chi connectivity index (χ1n) is 12.8. The van der Waals surface area contributed by atoms with Crippen molar-refractivity contribution in [3.8, 4) is 34.6 Å². The standard InChI is InChI=1S/C15H12ClN3O3.C11H11NO3.C4H2Cl2N2/c1-20-12-7-9-10(8-13(12)21-2)17-6-5-11(9)22-15-4-3-14(16)18-19-15;1-14-10-5-7-8(6-11(10)15-2)12-4-3-9(7)13;5-3-1-2-4(6)8-7-3/h3-8H,1-2H3;3-6H,1-2H3,(H,12,13);1-2H. The van der Waals surface area contributed by atoms with Crippen molar-refractivity contribution in [1.29, 1.82) is 0 Å². The monoisotopic (exact) mass is 670 g/mol. The van der Waals surface area contributed by atoms with Gasteiger partial charge in [0.15, 0.2) is 43.9 Å².